The molecule has 0 unspecified atom stereocenters. The van der Waals surface area contributed by atoms with Gasteiger partial charge in [0.25, 0.3) is 4.80 Å². The van der Waals surface area contributed by atoms with Crippen molar-refractivity contribution in [2.45, 2.75) is 44.4 Å². The average molecular weight is 245 g/mol. The Balaban J connectivity index is 2.30. The second kappa shape index (κ2) is 3.40. The molecule has 3 nitrogen and oxygen atoms in total. The molecular formula is C9H13BrN2O. The lowest BCUT2D eigenvalue weighted by molar-refractivity contribution is 0.310. The van der Waals surface area contributed by atoms with Crippen LogP contribution < -0.4 is 0 Å². The average Bonchev–Trinajstić information content (AvgIpc) is 2.73. The molecule has 1 heterocycles. The number of rotatable bonds is 2. The van der Waals surface area contributed by atoms with E-state index < -0.39 is 0 Å². The van der Waals surface area contributed by atoms with Gasteiger partial charge in [-0.05, 0) is 19.3 Å². The summed E-state index contributed by atoms with van der Waals surface area (Å²) in [5, 5.41) is 7.93. The van der Waals surface area contributed by atoms with Crippen molar-refractivity contribution in [2.24, 2.45) is 0 Å². The summed E-state index contributed by atoms with van der Waals surface area (Å²) in [5.41, 5.74) is 0.180. The Morgan fingerprint density at radius 3 is 2.54 bits per heavy atom. The van der Waals surface area contributed by atoms with Crippen molar-refractivity contribution in [3.05, 3.63) is 10.7 Å². The lowest BCUT2D eigenvalue weighted by atomic mass is 9.83. The Labute approximate surface area is 86.0 Å². The smallest absolute Gasteiger partial charge is 0.284 e. The topological polar surface area (TPSA) is 38.9 Å². The molecule has 4 heteroatoms. The fourth-order valence-electron chi connectivity index (χ4n) is 2.19. The Morgan fingerprint density at radius 2 is 2.08 bits per heavy atom. The maximum atomic E-state index is 5.46. The van der Waals surface area contributed by atoms with Gasteiger partial charge in [0.15, 0.2) is 0 Å². The van der Waals surface area contributed by atoms with Crippen molar-refractivity contribution in [3.63, 3.8) is 0 Å². The van der Waals surface area contributed by atoms with Gasteiger partial charge >= 0.3 is 0 Å². The summed E-state index contributed by atoms with van der Waals surface area (Å²) in [6, 6.07) is 0. The van der Waals surface area contributed by atoms with E-state index in [2.05, 4.69) is 33.1 Å². The molecule has 1 saturated carbocycles. The van der Waals surface area contributed by atoms with E-state index in [-0.39, 0.29) is 5.41 Å². The zero-order valence-corrected chi connectivity index (χ0v) is 9.30. The standard InChI is InChI=1S/C9H13BrN2O/c1-2-9(5-3-4-6-9)7-11-12-8(10)13-7/h2-6H2,1H3. The molecule has 0 N–H and O–H groups in total. The van der Waals surface area contributed by atoms with E-state index in [0.717, 1.165) is 12.3 Å². The number of halogens is 1. The molecule has 13 heavy (non-hydrogen) atoms. The molecule has 0 radical (unpaired) electrons. The van der Waals surface area contributed by atoms with Crippen molar-refractivity contribution in [1.29, 1.82) is 0 Å². The van der Waals surface area contributed by atoms with Gasteiger partial charge < -0.3 is 4.42 Å². The van der Waals surface area contributed by atoms with Crippen LogP contribution in [0.3, 0.4) is 0 Å². The maximum absolute atomic E-state index is 5.46. The summed E-state index contributed by atoms with van der Waals surface area (Å²) < 4.78 is 5.46. The van der Waals surface area contributed by atoms with E-state index >= 15 is 0 Å². The van der Waals surface area contributed by atoms with Crippen molar-refractivity contribution >= 4 is 15.9 Å². The maximum Gasteiger partial charge on any atom is 0.284 e. The Kier molecular flexibility index (Phi) is 2.41. The van der Waals surface area contributed by atoms with E-state index in [1.807, 2.05) is 0 Å². The Morgan fingerprint density at radius 1 is 1.38 bits per heavy atom. The second-order valence-electron chi connectivity index (χ2n) is 3.70. The number of nitrogens with zero attached hydrogens (tertiary/aromatic N) is 2. The van der Waals surface area contributed by atoms with Crippen LogP contribution in [0.4, 0.5) is 0 Å². The molecule has 2 rings (SSSR count). The largest absolute Gasteiger partial charge is 0.415 e. The summed E-state index contributed by atoms with van der Waals surface area (Å²) >= 11 is 3.19. The van der Waals surface area contributed by atoms with Gasteiger partial charge in [-0.1, -0.05) is 19.8 Å². The monoisotopic (exact) mass is 244 g/mol. The third-order valence-corrected chi connectivity index (χ3v) is 3.41. The van der Waals surface area contributed by atoms with Gasteiger partial charge in [-0.15, -0.1) is 10.2 Å². The zero-order valence-electron chi connectivity index (χ0n) is 7.72. The molecule has 0 amide bonds. The van der Waals surface area contributed by atoms with Crippen molar-refractivity contribution in [1.82, 2.24) is 10.2 Å². The highest BCUT2D eigenvalue weighted by atomic mass is 79.9. The van der Waals surface area contributed by atoms with Crippen LogP contribution in [0, 0.1) is 0 Å². The normalized spacial score (nSPS) is 20.8. The quantitative estimate of drug-likeness (QED) is 0.803. The first kappa shape index (κ1) is 9.19. The van der Waals surface area contributed by atoms with Crippen LogP contribution in [-0.4, -0.2) is 10.2 Å². The minimum atomic E-state index is 0.180. The first-order valence-corrected chi connectivity index (χ1v) is 5.56. The number of aromatic nitrogens is 2. The summed E-state index contributed by atoms with van der Waals surface area (Å²) in [4.78, 5) is 0.502. The van der Waals surface area contributed by atoms with Crippen LogP contribution in [0.2, 0.25) is 0 Å². The minimum absolute atomic E-state index is 0.180. The van der Waals surface area contributed by atoms with Gasteiger partial charge in [0.05, 0.1) is 0 Å². The molecule has 1 fully saturated rings. The molecule has 0 saturated heterocycles. The van der Waals surface area contributed by atoms with Gasteiger partial charge in [0, 0.05) is 21.3 Å². The van der Waals surface area contributed by atoms with Gasteiger partial charge in [0.2, 0.25) is 5.89 Å². The van der Waals surface area contributed by atoms with E-state index in [9.17, 15) is 0 Å². The third kappa shape index (κ3) is 1.52. The van der Waals surface area contributed by atoms with E-state index in [4.69, 9.17) is 4.42 Å². The molecule has 0 aliphatic heterocycles. The third-order valence-electron chi connectivity index (χ3n) is 3.09. The van der Waals surface area contributed by atoms with E-state index in [0.29, 0.717) is 4.80 Å². The molecule has 0 aromatic carbocycles. The van der Waals surface area contributed by atoms with Gasteiger partial charge in [0.1, 0.15) is 0 Å². The highest BCUT2D eigenvalue weighted by Crippen LogP contribution is 2.43. The van der Waals surface area contributed by atoms with Crippen molar-refractivity contribution < 1.29 is 4.42 Å². The molecule has 1 aromatic heterocycles. The predicted octanol–water partition coefficient (Wildman–Crippen LogP) is 3.05. The van der Waals surface area contributed by atoms with E-state index in [1.165, 1.54) is 25.7 Å². The molecular weight excluding hydrogens is 232 g/mol. The molecule has 0 bridgehead atoms. The van der Waals surface area contributed by atoms with Crippen molar-refractivity contribution in [3.8, 4) is 0 Å². The highest BCUT2D eigenvalue weighted by Gasteiger charge is 2.38. The lowest BCUT2D eigenvalue weighted by Gasteiger charge is -2.21. The highest BCUT2D eigenvalue weighted by molar-refractivity contribution is 9.10. The summed E-state index contributed by atoms with van der Waals surface area (Å²) in [6.45, 7) is 2.20. The SMILES string of the molecule is CCC1(c2nnc(Br)o2)CCCC1. The van der Waals surface area contributed by atoms with Crippen LogP contribution in [0.1, 0.15) is 44.9 Å². The molecule has 72 valence electrons. The first-order chi connectivity index (χ1) is 6.27. The zero-order chi connectivity index (χ0) is 9.31. The summed E-state index contributed by atoms with van der Waals surface area (Å²) in [5.74, 6) is 0.819. The predicted molar refractivity (Wildman–Crippen MR) is 52.4 cm³/mol. The molecule has 0 atom stereocenters. The number of hydrogen-bond donors (Lipinski definition) is 0. The van der Waals surface area contributed by atoms with Crippen LogP contribution in [0.25, 0.3) is 0 Å². The molecule has 1 aliphatic rings. The Hall–Kier alpha value is -0.380. The first-order valence-electron chi connectivity index (χ1n) is 4.76. The number of hydrogen-bond acceptors (Lipinski definition) is 3. The molecule has 1 aliphatic carbocycles. The Bertz CT molecular complexity index is 292. The van der Waals surface area contributed by atoms with Gasteiger partial charge in [-0.2, -0.15) is 0 Å². The van der Waals surface area contributed by atoms with Crippen molar-refractivity contribution in [2.75, 3.05) is 0 Å². The minimum Gasteiger partial charge on any atom is -0.415 e. The fraction of sp³-hybridized carbons (Fsp3) is 0.778. The fourth-order valence-corrected chi connectivity index (χ4v) is 2.42. The van der Waals surface area contributed by atoms with Crippen LogP contribution >= 0.6 is 15.9 Å². The second-order valence-corrected chi connectivity index (χ2v) is 4.38. The molecule has 0 spiro atoms. The van der Waals surface area contributed by atoms with Gasteiger partial charge in [-0.25, -0.2) is 0 Å². The van der Waals surface area contributed by atoms with Crippen LogP contribution in [-0.2, 0) is 5.41 Å². The van der Waals surface area contributed by atoms with E-state index in [1.54, 1.807) is 0 Å². The van der Waals surface area contributed by atoms with Gasteiger partial charge in [-0.3, -0.25) is 0 Å². The molecule has 1 aromatic rings. The van der Waals surface area contributed by atoms with Crippen LogP contribution in [0.15, 0.2) is 9.22 Å². The summed E-state index contributed by atoms with van der Waals surface area (Å²) in [6.07, 6.45) is 6.06. The van der Waals surface area contributed by atoms with Crippen LogP contribution in [0.5, 0.6) is 0 Å². The summed E-state index contributed by atoms with van der Waals surface area (Å²) in [7, 11) is 0. The lowest BCUT2D eigenvalue weighted by Crippen LogP contribution is -2.21.